The smallest absolute Gasteiger partial charge is 0.253 e. The van der Waals surface area contributed by atoms with Gasteiger partial charge in [-0.2, -0.15) is 0 Å². The van der Waals surface area contributed by atoms with E-state index in [0.717, 1.165) is 38.0 Å². The number of nitrogens with zero attached hydrogens (tertiary/aromatic N) is 1. The largest absolute Gasteiger partial charge is 0.383 e. The van der Waals surface area contributed by atoms with Gasteiger partial charge in [-0.25, -0.2) is 0 Å². The highest BCUT2D eigenvalue weighted by Gasteiger charge is 2.23. The summed E-state index contributed by atoms with van der Waals surface area (Å²) in [5, 5.41) is 6.07. The third-order valence-electron chi connectivity index (χ3n) is 5.42. The average Bonchev–Trinajstić information content (AvgIpc) is 2.79. The minimum atomic E-state index is -0.0843. The summed E-state index contributed by atoms with van der Waals surface area (Å²) in [7, 11) is 1.62. The molecule has 2 amide bonds. The predicted octanol–water partition coefficient (Wildman–Crippen LogP) is 2.78. The summed E-state index contributed by atoms with van der Waals surface area (Å²) in [5.41, 5.74) is 2.81. The molecule has 0 atom stereocenters. The Morgan fingerprint density at radius 3 is 2.47 bits per heavy atom. The van der Waals surface area contributed by atoms with Gasteiger partial charge in [0.05, 0.1) is 12.2 Å². The molecule has 160 valence electrons. The fourth-order valence-corrected chi connectivity index (χ4v) is 3.77. The van der Waals surface area contributed by atoms with Crippen molar-refractivity contribution >= 4 is 17.5 Å². The predicted molar refractivity (Wildman–Crippen MR) is 119 cm³/mol. The molecule has 2 aromatic carbocycles. The second-order valence-electron chi connectivity index (χ2n) is 7.58. The molecule has 0 aliphatic carbocycles. The molecule has 0 bridgehead atoms. The van der Waals surface area contributed by atoms with Crippen LogP contribution in [0.3, 0.4) is 0 Å². The van der Waals surface area contributed by atoms with Crippen LogP contribution >= 0.6 is 0 Å². The monoisotopic (exact) mass is 409 g/mol. The van der Waals surface area contributed by atoms with Gasteiger partial charge in [0.15, 0.2) is 0 Å². The van der Waals surface area contributed by atoms with Crippen LogP contribution in [0.4, 0.5) is 5.69 Å². The van der Waals surface area contributed by atoms with Gasteiger partial charge in [0.25, 0.3) is 5.91 Å². The van der Waals surface area contributed by atoms with Crippen molar-refractivity contribution in [1.82, 2.24) is 10.6 Å². The number of carbonyl (C=O) groups is 2. The van der Waals surface area contributed by atoms with Crippen LogP contribution in [0.5, 0.6) is 0 Å². The first-order valence-corrected chi connectivity index (χ1v) is 10.6. The van der Waals surface area contributed by atoms with Crippen molar-refractivity contribution in [2.24, 2.45) is 0 Å². The number of nitrogens with one attached hydrogen (secondary N) is 2. The number of hydrogen-bond acceptors (Lipinski definition) is 4. The third kappa shape index (κ3) is 6.32. The maximum absolute atomic E-state index is 12.5. The quantitative estimate of drug-likeness (QED) is 0.625. The number of amides is 2. The molecule has 2 N–H and O–H groups in total. The van der Waals surface area contributed by atoms with E-state index in [1.54, 1.807) is 7.11 Å². The van der Waals surface area contributed by atoms with Gasteiger partial charge in [-0.1, -0.05) is 42.5 Å². The van der Waals surface area contributed by atoms with Gasteiger partial charge in [-0.3, -0.25) is 9.59 Å². The molecule has 0 unspecified atom stereocenters. The van der Waals surface area contributed by atoms with Gasteiger partial charge in [0.2, 0.25) is 5.91 Å². The Balaban J connectivity index is 1.48. The van der Waals surface area contributed by atoms with E-state index in [0.29, 0.717) is 25.1 Å². The highest BCUT2D eigenvalue weighted by molar-refractivity contribution is 5.99. The van der Waals surface area contributed by atoms with E-state index < -0.39 is 0 Å². The second kappa shape index (κ2) is 11.4. The van der Waals surface area contributed by atoms with Gasteiger partial charge in [0, 0.05) is 44.9 Å². The average molecular weight is 410 g/mol. The fourth-order valence-electron chi connectivity index (χ4n) is 3.77. The summed E-state index contributed by atoms with van der Waals surface area (Å²) in [5.74, 6) is 0.0224. The Morgan fingerprint density at radius 1 is 1.03 bits per heavy atom. The molecule has 30 heavy (non-hydrogen) atoms. The molecule has 6 nitrogen and oxygen atoms in total. The summed E-state index contributed by atoms with van der Waals surface area (Å²) in [6.07, 6.45) is 3.01. The zero-order chi connectivity index (χ0) is 21.2. The molecule has 1 saturated heterocycles. The number of carbonyl (C=O) groups excluding carboxylic acids is 2. The molecule has 0 radical (unpaired) electrons. The van der Waals surface area contributed by atoms with Crippen LogP contribution < -0.4 is 15.5 Å². The third-order valence-corrected chi connectivity index (χ3v) is 5.42. The highest BCUT2D eigenvalue weighted by atomic mass is 16.5. The normalized spacial score (nSPS) is 14.4. The summed E-state index contributed by atoms with van der Waals surface area (Å²) >= 11 is 0. The molecule has 0 saturated carbocycles. The van der Waals surface area contributed by atoms with Crippen LogP contribution in [0.25, 0.3) is 0 Å². The van der Waals surface area contributed by atoms with Crippen LogP contribution in [0.1, 0.15) is 35.2 Å². The standard InChI is InChI=1S/C24H31N3O3/c1-30-18-15-25-24(29)21-9-5-6-10-22(21)27-16-13-20(14-17-27)26-23(28)12-11-19-7-3-2-4-8-19/h2-10,20H,11-18H2,1H3,(H,25,29)(H,26,28). The second-order valence-corrected chi connectivity index (χ2v) is 7.58. The van der Waals surface area contributed by atoms with Crippen molar-refractivity contribution in [3.8, 4) is 0 Å². The summed E-state index contributed by atoms with van der Waals surface area (Å²) < 4.78 is 5.00. The Bertz CT molecular complexity index is 817. The lowest BCUT2D eigenvalue weighted by Crippen LogP contribution is -2.45. The van der Waals surface area contributed by atoms with Gasteiger partial charge >= 0.3 is 0 Å². The summed E-state index contributed by atoms with van der Waals surface area (Å²) in [6.45, 7) is 2.60. The molecule has 2 aromatic rings. The molecular formula is C24H31N3O3. The van der Waals surface area contributed by atoms with E-state index in [1.807, 2.05) is 42.5 Å². The number of rotatable bonds is 9. The van der Waals surface area contributed by atoms with Crippen molar-refractivity contribution in [3.63, 3.8) is 0 Å². The van der Waals surface area contributed by atoms with E-state index in [-0.39, 0.29) is 17.9 Å². The van der Waals surface area contributed by atoms with Crippen LogP contribution in [0.2, 0.25) is 0 Å². The Hall–Kier alpha value is -2.86. The Kier molecular flexibility index (Phi) is 8.27. The van der Waals surface area contributed by atoms with Crippen molar-refractivity contribution in [3.05, 3.63) is 65.7 Å². The lowest BCUT2D eigenvalue weighted by atomic mass is 10.0. The van der Waals surface area contributed by atoms with Crippen molar-refractivity contribution in [2.75, 3.05) is 38.3 Å². The molecular weight excluding hydrogens is 378 g/mol. The lowest BCUT2D eigenvalue weighted by Gasteiger charge is -2.35. The van der Waals surface area contributed by atoms with E-state index in [9.17, 15) is 9.59 Å². The molecule has 1 aliphatic heterocycles. The highest BCUT2D eigenvalue weighted by Crippen LogP contribution is 2.24. The van der Waals surface area contributed by atoms with Crippen molar-refractivity contribution in [2.45, 2.75) is 31.7 Å². The lowest BCUT2D eigenvalue weighted by molar-refractivity contribution is -0.121. The first kappa shape index (κ1) is 21.8. The number of hydrogen-bond donors (Lipinski definition) is 2. The van der Waals surface area contributed by atoms with Crippen molar-refractivity contribution < 1.29 is 14.3 Å². The molecule has 3 rings (SSSR count). The number of ether oxygens (including phenoxy) is 1. The van der Waals surface area contributed by atoms with E-state index in [2.05, 4.69) is 27.7 Å². The van der Waals surface area contributed by atoms with Crippen LogP contribution in [0.15, 0.2) is 54.6 Å². The topological polar surface area (TPSA) is 70.7 Å². The summed E-state index contributed by atoms with van der Waals surface area (Å²) in [4.78, 5) is 27.1. The SMILES string of the molecule is COCCNC(=O)c1ccccc1N1CCC(NC(=O)CCc2ccccc2)CC1. The Morgan fingerprint density at radius 2 is 1.73 bits per heavy atom. The number of aryl methyl sites for hydroxylation is 1. The first-order valence-electron chi connectivity index (χ1n) is 10.6. The van der Waals surface area contributed by atoms with E-state index in [4.69, 9.17) is 4.74 Å². The zero-order valence-corrected chi connectivity index (χ0v) is 17.6. The summed E-state index contributed by atoms with van der Waals surface area (Å²) in [6, 6.07) is 18.0. The fraction of sp³-hybridized carbons (Fsp3) is 0.417. The number of para-hydroxylation sites is 1. The number of piperidine rings is 1. The number of benzene rings is 2. The van der Waals surface area contributed by atoms with E-state index in [1.165, 1.54) is 5.56 Å². The van der Waals surface area contributed by atoms with Gasteiger partial charge in [0.1, 0.15) is 0 Å². The minimum Gasteiger partial charge on any atom is -0.383 e. The molecule has 0 aromatic heterocycles. The zero-order valence-electron chi connectivity index (χ0n) is 17.6. The van der Waals surface area contributed by atoms with E-state index >= 15 is 0 Å². The van der Waals surface area contributed by atoms with Crippen LogP contribution in [-0.4, -0.2) is 51.2 Å². The van der Waals surface area contributed by atoms with Gasteiger partial charge in [-0.15, -0.1) is 0 Å². The van der Waals surface area contributed by atoms with Crippen LogP contribution in [-0.2, 0) is 16.0 Å². The first-order chi connectivity index (χ1) is 14.7. The van der Waals surface area contributed by atoms with Gasteiger partial charge in [-0.05, 0) is 37.0 Å². The maximum atomic E-state index is 12.5. The Labute approximate surface area is 178 Å². The number of anilines is 1. The molecule has 1 heterocycles. The molecule has 0 spiro atoms. The molecule has 1 fully saturated rings. The molecule has 6 heteroatoms. The van der Waals surface area contributed by atoms with Gasteiger partial charge < -0.3 is 20.3 Å². The molecule has 1 aliphatic rings. The maximum Gasteiger partial charge on any atom is 0.253 e. The number of methoxy groups -OCH3 is 1. The van der Waals surface area contributed by atoms with Crippen LogP contribution in [0, 0.1) is 0 Å². The minimum absolute atomic E-state index is 0.0843. The van der Waals surface area contributed by atoms with Crippen molar-refractivity contribution in [1.29, 1.82) is 0 Å².